The van der Waals surface area contributed by atoms with Crippen LogP contribution in [0, 0.1) is 0 Å². The summed E-state index contributed by atoms with van der Waals surface area (Å²) in [4.78, 5) is 0. The summed E-state index contributed by atoms with van der Waals surface area (Å²) in [5, 5.41) is 4.24. The minimum Gasteiger partial charge on any atom is -0.310 e. The van der Waals surface area contributed by atoms with Gasteiger partial charge in [0.25, 0.3) is 0 Å². The van der Waals surface area contributed by atoms with Gasteiger partial charge in [-0.15, -0.1) is 0 Å². The Morgan fingerprint density at radius 3 is 2.76 bits per heavy atom. The van der Waals surface area contributed by atoms with Gasteiger partial charge in [-0.05, 0) is 46.5 Å². The van der Waals surface area contributed by atoms with E-state index in [1.54, 1.807) is 0 Å². The largest absolute Gasteiger partial charge is 0.310 e. The molecule has 1 saturated heterocycles. The average Bonchev–Trinajstić information content (AvgIpc) is 2.33. The Morgan fingerprint density at radius 1 is 1.41 bits per heavy atom. The summed E-state index contributed by atoms with van der Waals surface area (Å²) in [5.74, 6) is 1.66. The van der Waals surface area contributed by atoms with E-state index in [2.05, 4.69) is 27.3 Å². The molecule has 1 fully saturated rings. The summed E-state index contributed by atoms with van der Waals surface area (Å²) in [6.45, 7) is 0.824. The highest BCUT2D eigenvalue weighted by atomic mass is 79.9. The molecule has 0 aliphatic carbocycles. The molecule has 1 aromatic rings. The Balaban J connectivity index is 1.85. The van der Waals surface area contributed by atoms with E-state index in [4.69, 9.17) is 11.6 Å². The van der Waals surface area contributed by atoms with Crippen molar-refractivity contribution in [3.63, 3.8) is 0 Å². The van der Waals surface area contributed by atoms with Crippen molar-refractivity contribution in [2.75, 3.05) is 11.5 Å². The maximum Gasteiger partial charge on any atom is 0.0551 e. The predicted octanol–water partition coefficient (Wildman–Crippen LogP) is 3.10. The van der Waals surface area contributed by atoms with Crippen molar-refractivity contribution in [2.45, 2.75) is 25.4 Å². The molecule has 0 amide bonds. The first kappa shape index (κ1) is 13.5. The van der Waals surface area contributed by atoms with Gasteiger partial charge in [0.05, 0.1) is 5.02 Å². The molecule has 1 aromatic carbocycles. The van der Waals surface area contributed by atoms with Crippen LogP contribution in [-0.4, -0.2) is 21.8 Å². The van der Waals surface area contributed by atoms with Crippen molar-refractivity contribution in [2.24, 2.45) is 0 Å². The van der Waals surface area contributed by atoms with Crippen molar-refractivity contribution in [1.82, 2.24) is 5.32 Å². The molecule has 1 aliphatic rings. The van der Waals surface area contributed by atoms with Crippen molar-refractivity contribution >= 4 is 38.3 Å². The lowest BCUT2D eigenvalue weighted by atomic mass is 10.1. The second-order valence-corrected chi connectivity index (χ2v) is 7.21. The smallest absolute Gasteiger partial charge is 0.0551 e. The van der Waals surface area contributed by atoms with Crippen LogP contribution < -0.4 is 5.32 Å². The predicted molar refractivity (Wildman–Crippen MR) is 76.9 cm³/mol. The zero-order valence-electron chi connectivity index (χ0n) is 9.42. The van der Waals surface area contributed by atoms with E-state index in [0.29, 0.717) is 6.04 Å². The topological polar surface area (TPSA) is 29.1 Å². The molecule has 2 rings (SSSR count). The molecule has 0 saturated carbocycles. The first-order valence-electron chi connectivity index (χ1n) is 5.67. The fourth-order valence-corrected chi connectivity index (χ4v) is 3.66. The molecular formula is C12H15BrClNOS. The second kappa shape index (κ2) is 6.32. The molecule has 1 N–H and O–H groups in total. The lowest BCUT2D eigenvalue weighted by Crippen LogP contribution is -2.35. The summed E-state index contributed by atoms with van der Waals surface area (Å²) in [5.41, 5.74) is 1.19. The van der Waals surface area contributed by atoms with E-state index in [1.165, 1.54) is 5.56 Å². The van der Waals surface area contributed by atoms with Crippen LogP contribution in [0.3, 0.4) is 0 Å². The van der Waals surface area contributed by atoms with Crippen LogP contribution in [0.25, 0.3) is 0 Å². The Kier molecular flexibility index (Phi) is 5.03. The quantitative estimate of drug-likeness (QED) is 0.919. The van der Waals surface area contributed by atoms with Crippen molar-refractivity contribution in [3.8, 4) is 0 Å². The molecule has 0 aromatic heterocycles. The molecule has 17 heavy (non-hydrogen) atoms. The lowest BCUT2D eigenvalue weighted by Gasteiger charge is -2.22. The lowest BCUT2D eigenvalue weighted by molar-refractivity contribution is 0.475. The van der Waals surface area contributed by atoms with E-state index in [-0.39, 0.29) is 0 Å². The average molecular weight is 337 g/mol. The van der Waals surface area contributed by atoms with E-state index in [1.807, 2.05) is 12.1 Å². The van der Waals surface area contributed by atoms with Crippen LogP contribution in [-0.2, 0) is 17.3 Å². The van der Waals surface area contributed by atoms with Gasteiger partial charge in [-0.1, -0.05) is 17.7 Å². The number of nitrogens with one attached hydrogen (secondary N) is 1. The summed E-state index contributed by atoms with van der Waals surface area (Å²) < 4.78 is 12.2. The van der Waals surface area contributed by atoms with Gasteiger partial charge in [0.15, 0.2) is 0 Å². The molecule has 0 unspecified atom stereocenters. The van der Waals surface area contributed by atoms with Gasteiger partial charge >= 0.3 is 0 Å². The Hall–Kier alpha value is 0.1000. The summed E-state index contributed by atoms with van der Waals surface area (Å²) in [7, 11) is -0.583. The van der Waals surface area contributed by atoms with Gasteiger partial charge in [0, 0.05) is 39.4 Å². The maximum absolute atomic E-state index is 11.2. The highest BCUT2D eigenvalue weighted by Gasteiger charge is 2.16. The highest BCUT2D eigenvalue weighted by Crippen LogP contribution is 2.23. The fraction of sp³-hybridized carbons (Fsp3) is 0.500. The van der Waals surface area contributed by atoms with Crippen molar-refractivity contribution in [1.29, 1.82) is 0 Å². The normalized spacial score (nSPS) is 24.8. The van der Waals surface area contributed by atoms with Gasteiger partial charge in [-0.2, -0.15) is 0 Å². The van der Waals surface area contributed by atoms with Gasteiger partial charge in [-0.25, -0.2) is 0 Å². The SMILES string of the molecule is O=S1CCC(NCc2ccc(Br)c(Cl)c2)CC1. The van der Waals surface area contributed by atoms with Crippen LogP contribution >= 0.6 is 27.5 Å². The molecule has 1 heterocycles. The van der Waals surface area contributed by atoms with Crippen LogP contribution in [0.5, 0.6) is 0 Å². The van der Waals surface area contributed by atoms with E-state index >= 15 is 0 Å². The second-order valence-electron chi connectivity index (χ2n) is 4.25. The zero-order chi connectivity index (χ0) is 12.3. The molecule has 0 atom stereocenters. The molecule has 0 bridgehead atoms. The number of benzene rings is 1. The Morgan fingerprint density at radius 2 is 2.12 bits per heavy atom. The first-order valence-corrected chi connectivity index (χ1v) is 8.33. The third kappa shape index (κ3) is 4.05. The van der Waals surface area contributed by atoms with Gasteiger partial charge in [0.2, 0.25) is 0 Å². The number of hydrogen-bond acceptors (Lipinski definition) is 2. The van der Waals surface area contributed by atoms with E-state index < -0.39 is 10.8 Å². The minimum atomic E-state index is -0.583. The van der Waals surface area contributed by atoms with Crippen LogP contribution in [0.1, 0.15) is 18.4 Å². The first-order chi connectivity index (χ1) is 8.15. The van der Waals surface area contributed by atoms with E-state index in [9.17, 15) is 4.21 Å². The van der Waals surface area contributed by atoms with Gasteiger partial charge < -0.3 is 5.32 Å². The summed E-state index contributed by atoms with van der Waals surface area (Å²) in [6.07, 6.45) is 2.02. The highest BCUT2D eigenvalue weighted by molar-refractivity contribution is 9.10. The molecule has 94 valence electrons. The standard InChI is InChI=1S/C12H15BrClNOS/c13-11-2-1-9(7-12(11)14)8-15-10-3-5-17(16)6-4-10/h1-2,7,10,15H,3-6,8H2. The fourth-order valence-electron chi connectivity index (χ4n) is 1.91. The van der Waals surface area contributed by atoms with E-state index in [0.717, 1.165) is 40.4 Å². The molecule has 5 heteroatoms. The number of hydrogen-bond donors (Lipinski definition) is 1. The molecule has 2 nitrogen and oxygen atoms in total. The molecular weight excluding hydrogens is 322 g/mol. The number of halogens is 2. The van der Waals surface area contributed by atoms with Crippen molar-refractivity contribution < 1.29 is 4.21 Å². The summed E-state index contributed by atoms with van der Waals surface area (Å²) in [6, 6.07) is 6.49. The molecule has 1 aliphatic heterocycles. The third-order valence-corrected chi connectivity index (χ3v) is 5.58. The van der Waals surface area contributed by atoms with Gasteiger partial charge in [0.1, 0.15) is 0 Å². The zero-order valence-corrected chi connectivity index (χ0v) is 12.6. The molecule has 0 spiro atoms. The Labute approximate surface area is 118 Å². The minimum absolute atomic E-state index is 0.495. The Bertz CT molecular complexity index is 417. The van der Waals surface area contributed by atoms with Crippen LogP contribution in [0.4, 0.5) is 0 Å². The maximum atomic E-state index is 11.2. The van der Waals surface area contributed by atoms with Gasteiger partial charge in [-0.3, -0.25) is 4.21 Å². The molecule has 0 radical (unpaired) electrons. The number of rotatable bonds is 3. The van der Waals surface area contributed by atoms with Crippen LogP contribution in [0.2, 0.25) is 5.02 Å². The van der Waals surface area contributed by atoms with Crippen molar-refractivity contribution in [3.05, 3.63) is 33.3 Å². The summed E-state index contributed by atoms with van der Waals surface area (Å²) >= 11 is 9.42. The monoisotopic (exact) mass is 335 g/mol. The van der Waals surface area contributed by atoms with Crippen LogP contribution in [0.15, 0.2) is 22.7 Å². The third-order valence-electron chi connectivity index (χ3n) is 2.97.